The highest BCUT2D eigenvalue weighted by Crippen LogP contribution is 2.23. The first-order chi connectivity index (χ1) is 11.0. The fourth-order valence-electron chi connectivity index (χ4n) is 3.30. The van der Waals surface area contributed by atoms with Gasteiger partial charge in [-0.3, -0.25) is 9.69 Å². The van der Waals surface area contributed by atoms with Crippen LogP contribution in [0, 0.1) is 6.92 Å². The molecule has 0 aliphatic heterocycles. The molecule has 122 valence electrons. The summed E-state index contributed by atoms with van der Waals surface area (Å²) in [6.07, 6.45) is 4.84. The third-order valence-electron chi connectivity index (χ3n) is 4.58. The van der Waals surface area contributed by atoms with E-state index >= 15 is 0 Å². The van der Waals surface area contributed by atoms with Gasteiger partial charge in [0, 0.05) is 29.2 Å². The fraction of sp³-hybridized carbons (Fsp3) is 0.444. The van der Waals surface area contributed by atoms with Gasteiger partial charge in [0.05, 0.1) is 6.54 Å². The lowest BCUT2D eigenvalue weighted by Crippen LogP contribution is -2.36. The Bertz CT molecular complexity index is 775. The molecule has 5 heteroatoms. The largest absolute Gasteiger partial charge is 0.423 e. The monoisotopic (exact) mass is 314 g/mol. The molecule has 1 aliphatic carbocycles. The quantitative estimate of drug-likeness (QED) is 0.881. The Morgan fingerprint density at radius 1 is 1.30 bits per heavy atom. The molecule has 1 aromatic carbocycles. The molecule has 1 heterocycles. The number of hydrogen-bond donors (Lipinski definition) is 1. The molecule has 0 saturated heterocycles. The van der Waals surface area contributed by atoms with Crippen molar-refractivity contribution in [1.29, 1.82) is 0 Å². The number of nitrogens with one attached hydrogen (secondary N) is 1. The summed E-state index contributed by atoms with van der Waals surface area (Å²) in [4.78, 5) is 25.8. The molecule has 0 radical (unpaired) electrons. The SMILES string of the molecule is Cc1cc(=O)oc2cc(NC(=O)CN(C)C3CCCC3)ccc12. The molecule has 0 unspecified atom stereocenters. The number of carbonyl (C=O) groups excluding carboxylic acids is 1. The van der Waals surface area contributed by atoms with Gasteiger partial charge in [-0.2, -0.15) is 0 Å². The normalized spacial score (nSPS) is 15.4. The maximum Gasteiger partial charge on any atom is 0.336 e. The van der Waals surface area contributed by atoms with Crippen LogP contribution in [-0.2, 0) is 4.79 Å². The Morgan fingerprint density at radius 2 is 2.04 bits per heavy atom. The summed E-state index contributed by atoms with van der Waals surface area (Å²) in [6, 6.07) is 7.39. The molecule has 1 saturated carbocycles. The number of likely N-dealkylation sites (N-methyl/N-ethyl adjacent to an activating group) is 1. The third-order valence-corrected chi connectivity index (χ3v) is 4.58. The van der Waals surface area contributed by atoms with Crippen LogP contribution >= 0.6 is 0 Å². The summed E-state index contributed by atoms with van der Waals surface area (Å²) in [5.74, 6) is -0.0475. The maximum absolute atomic E-state index is 12.2. The number of rotatable bonds is 4. The van der Waals surface area contributed by atoms with Crippen LogP contribution in [0.4, 0.5) is 5.69 Å². The summed E-state index contributed by atoms with van der Waals surface area (Å²) in [5.41, 5.74) is 1.64. The lowest BCUT2D eigenvalue weighted by Gasteiger charge is -2.23. The molecular weight excluding hydrogens is 292 g/mol. The highest BCUT2D eigenvalue weighted by atomic mass is 16.4. The summed E-state index contributed by atoms with van der Waals surface area (Å²) in [6.45, 7) is 2.24. The topological polar surface area (TPSA) is 62.6 Å². The molecule has 1 aliphatic rings. The summed E-state index contributed by atoms with van der Waals surface area (Å²) in [7, 11) is 2.00. The summed E-state index contributed by atoms with van der Waals surface area (Å²) < 4.78 is 5.21. The van der Waals surface area contributed by atoms with E-state index in [1.165, 1.54) is 31.7 Å². The molecular formula is C18H22N2O3. The van der Waals surface area contributed by atoms with Gasteiger partial charge in [0.15, 0.2) is 0 Å². The van der Waals surface area contributed by atoms with E-state index in [1.807, 2.05) is 26.1 Å². The first-order valence-corrected chi connectivity index (χ1v) is 8.07. The minimum atomic E-state index is -0.376. The molecule has 1 aromatic heterocycles. The lowest BCUT2D eigenvalue weighted by molar-refractivity contribution is -0.117. The second kappa shape index (κ2) is 6.54. The molecule has 2 aromatic rings. The van der Waals surface area contributed by atoms with Gasteiger partial charge in [-0.05, 0) is 44.5 Å². The van der Waals surface area contributed by atoms with Crippen molar-refractivity contribution in [3.05, 3.63) is 40.2 Å². The van der Waals surface area contributed by atoms with Crippen LogP contribution in [-0.4, -0.2) is 30.4 Å². The molecule has 0 spiro atoms. The minimum Gasteiger partial charge on any atom is -0.423 e. The molecule has 5 nitrogen and oxygen atoms in total. The second-order valence-electron chi connectivity index (χ2n) is 6.36. The first-order valence-electron chi connectivity index (χ1n) is 8.07. The van der Waals surface area contributed by atoms with E-state index in [0.29, 0.717) is 23.9 Å². The predicted molar refractivity (Wildman–Crippen MR) is 90.7 cm³/mol. The van der Waals surface area contributed by atoms with Crippen LogP contribution in [0.2, 0.25) is 0 Å². The van der Waals surface area contributed by atoms with Crippen LogP contribution in [0.1, 0.15) is 31.2 Å². The van der Waals surface area contributed by atoms with Gasteiger partial charge in [0.25, 0.3) is 0 Å². The number of carbonyl (C=O) groups is 1. The zero-order valence-corrected chi connectivity index (χ0v) is 13.6. The van der Waals surface area contributed by atoms with E-state index in [4.69, 9.17) is 4.42 Å². The predicted octanol–water partition coefficient (Wildman–Crippen LogP) is 2.91. The Labute approximate surface area is 135 Å². The van der Waals surface area contributed by atoms with Crippen molar-refractivity contribution in [3.8, 4) is 0 Å². The van der Waals surface area contributed by atoms with Crippen molar-refractivity contribution in [2.24, 2.45) is 0 Å². The first kappa shape index (κ1) is 15.7. The lowest BCUT2D eigenvalue weighted by atomic mass is 10.1. The molecule has 1 N–H and O–H groups in total. The Balaban J connectivity index is 1.70. The van der Waals surface area contributed by atoms with Gasteiger partial charge in [0.1, 0.15) is 5.58 Å². The van der Waals surface area contributed by atoms with Crippen LogP contribution in [0.15, 0.2) is 33.5 Å². The Kier molecular flexibility index (Phi) is 4.48. The number of anilines is 1. The third kappa shape index (κ3) is 3.62. The van der Waals surface area contributed by atoms with Gasteiger partial charge in [-0.1, -0.05) is 12.8 Å². The minimum absolute atomic E-state index is 0.0475. The average molecular weight is 314 g/mol. The number of hydrogen-bond acceptors (Lipinski definition) is 4. The molecule has 0 atom stereocenters. The smallest absolute Gasteiger partial charge is 0.336 e. The standard InChI is InChI=1S/C18H22N2O3/c1-12-9-18(22)23-16-10-13(7-8-15(12)16)19-17(21)11-20(2)14-5-3-4-6-14/h7-10,14H,3-6,11H2,1-2H3,(H,19,21). The van der Waals surface area contributed by atoms with Crippen LogP contribution < -0.4 is 10.9 Å². The van der Waals surface area contributed by atoms with E-state index in [2.05, 4.69) is 10.2 Å². The highest BCUT2D eigenvalue weighted by Gasteiger charge is 2.21. The fourth-order valence-corrected chi connectivity index (χ4v) is 3.30. The van der Waals surface area contributed by atoms with E-state index in [-0.39, 0.29) is 11.5 Å². The second-order valence-corrected chi connectivity index (χ2v) is 6.36. The van der Waals surface area contributed by atoms with Crippen LogP contribution in [0.5, 0.6) is 0 Å². The van der Waals surface area contributed by atoms with E-state index in [1.54, 1.807) is 6.07 Å². The number of amides is 1. The number of nitrogens with zero attached hydrogens (tertiary/aromatic N) is 1. The summed E-state index contributed by atoms with van der Waals surface area (Å²) in [5, 5.41) is 3.76. The molecule has 0 bridgehead atoms. The zero-order chi connectivity index (χ0) is 16.4. The highest BCUT2D eigenvalue weighted by molar-refractivity contribution is 5.94. The summed E-state index contributed by atoms with van der Waals surface area (Å²) >= 11 is 0. The van der Waals surface area contributed by atoms with Gasteiger partial charge in [-0.25, -0.2) is 4.79 Å². The van der Waals surface area contributed by atoms with Gasteiger partial charge >= 0.3 is 5.63 Å². The molecule has 1 fully saturated rings. The number of fused-ring (bicyclic) bond motifs is 1. The maximum atomic E-state index is 12.2. The molecule has 1 amide bonds. The van der Waals surface area contributed by atoms with E-state index in [9.17, 15) is 9.59 Å². The number of benzene rings is 1. The average Bonchev–Trinajstić information content (AvgIpc) is 3.00. The van der Waals surface area contributed by atoms with Crippen molar-refractivity contribution >= 4 is 22.6 Å². The van der Waals surface area contributed by atoms with Crippen molar-refractivity contribution in [2.45, 2.75) is 38.6 Å². The van der Waals surface area contributed by atoms with E-state index in [0.717, 1.165) is 10.9 Å². The molecule has 23 heavy (non-hydrogen) atoms. The Hall–Kier alpha value is -2.14. The van der Waals surface area contributed by atoms with Crippen LogP contribution in [0.3, 0.4) is 0 Å². The van der Waals surface area contributed by atoms with Crippen molar-refractivity contribution in [2.75, 3.05) is 18.9 Å². The molecule has 3 rings (SSSR count). The van der Waals surface area contributed by atoms with Crippen LogP contribution in [0.25, 0.3) is 11.0 Å². The zero-order valence-electron chi connectivity index (χ0n) is 13.6. The van der Waals surface area contributed by atoms with Crippen molar-refractivity contribution in [3.63, 3.8) is 0 Å². The Morgan fingerprint density at radius 3 is 2.78 bits per heavy atom. The van der Waals surface area contributed by atoms with Gasteiger partial charge in [0.2, 0.25) is 5.91 Å². The van der Waals surface area contributed by atoms with Crippen molar-refractivity contribution < 1.29 is 9.21 Å². The van der Waals surface area contributed by atoms with Crippen molar-refractivity contribution in [1.82, 2.24) is 4.90 Å². The number of aryl methyl sites for hydroxylation is 1. The van der Waals surface area contributed by atoms with E-state index < -0.39 is 0 Å². The van der Waals surface area contributed by atoms with Gasteiger partial charge < -0.3 is 9.73 Å². The van der Waals surface area contributed by atoms with Gasteiger partial charge in [-0.15, -0.1) is 0 Å².